The second kappa shape index (κ2) is 8.73. The van der Waals surface area contributed by atoms with Gasteiger partial charge in [0.1, 0.15) is 0 Å². The van der Waals surface area contributed by atoms with Gasteiger partial charge < -0.3 is 15.7 Å². The summed E-state index contributed by atoms with van der Waals surface area (Å²) < 4.78 is 79.4. The van der Waals surface area contributed by atoms with Crippen molar-refractivity contribution in [2.24, 2.45) is 0 Å². The van der Waals surface area contributed by atoms with E-state index in [1.54, 1.807) is 0 Å². The van der Waals surface area contributed by atoms with Crippen molar-refractivity contribution in [3.8, 4) is 0 Å². The van der Waals surface area contributed by atoms with Crippen LogP contribution in [-0.4, -0.2) is 23.7 Å². The lowest BCUT2D eigenvalue weighted by atomic mass is 9.91. The largest absolute Gasteiger partial charge is 0.423 e. The molecule has 2 aromatic rings. The van der Waals surface area contributed by atoms with Gasteiger partial charge in [0.15, 0.2) is 0 Å². The Morgan fingerprint density at radius 3 is 2.20 bits per heavy atom. The molecule has 3 N–H and O–H groups in total. The summed E-state index contributed by atoms with van der Waals surface area (Å²) in [6.07, 6.45) is -10.1. The van der Waals surface area contributed by atoms with E-state index in [4.69, 9.17) is 11.6 Å². The Bertz CT molecular complexity index is 917. The molecule has 4 nitrogen and oxygen atoms in total. The highest BCUT2D eigenvalue weighted by Gasteiger charge is 2.55. The topological polar surface area (TPSA) is 61.4 Å². The van der Waals surface area contributed by atoms with Gasteiger partial charge in [0.2, 0.25) is 11.5 Å². The van der Waals surface area contributed by atoms with Gasteiger partial charge in [-0.3, -0.25) is 4.79 Å². The van der Waals surface area contributed by atoms with E-state index in [0.29, 0.717) is 11.6 Å². The molecular formula is C19H17ClF6N2O2. The zero-order valence-corrected chi connectivity index (χ0v) is 16.2. The van der Waals surface area contributed by atoms with Crippen molar-refractivity contribution >= 4 is 23.2 Å². The molecule has 0 fully saturated rings. The van der Waals surface area contributed by atoms with Crippen molar-refractivity contribution < 1.29 is 36.2 Å². The number of anilines is 1. The number of carbonyl (C=O) groups is 1. The highest BCUT2D eigenvalue weighted by Crippen LogP contribution is 2.41. The minimum atomic E-state index is -5.26. The number of rotatable bonds is 6. The third-order valence-electron chi connectivity index (χ3n) is 4.27. The van der Waals surface area contributed by atoms with Crippen LogP contribution in [0.5, 0.6) is 0 Å². The van der Waals surface area contributed by atoms with Crippen LogP contribution in [0.1, 0.15) is 23.6 Å². The Morgan fingerprint density at radius 1 is 1.03 bits per heavy atom. The molecule has 0 saturated heterocycles. The maximum Gasteiger partial charge on any atom is 0.423 e. The molecule has 0 saturated carbocycles. The molecule has 0 aliphatic heterocycles. The number of hydrogen-bond donors (Lipinski definition) is 3. The molecular weight excluding hydrogens is 438 g/mol. The van der Waals surface area contributed by atoms with E-state index in [0.717, 1.165) is 12.1 Å². The number of nitrogens with one attached hydrogen (secondary N) is 2. The van der Waals surface area contributed by atoms with Crippen LogP contribution < -0.4 is 10.6 Å². The van der Waals surface area contributed by atoms with Gasteiger partial charge in [0.05, 0.1) is 12.1 Å². The Morgan fingerprint density at radius 2 is 1.67 bits per heavy atom. The van der Waals surface area contributed by atoms with Gasteiger partial charge in [-0.2, -0.15) is 26.3 Å². The molecule has 1 atom stereocenters. The number of hydrogen-bond acceptors (Lipinski definition) is 3. The Balaban J connectivity index is 2.28. The van der Waals surface area contributed by atoms with Gasteiger partial charge in [-0.15, -0.1) is 0 Å². The predicted molar refractivity (Wildman–Crippen MR) is 98.9 cm³/mol. The molecule has 0 unspecified atom stereocenters. The third-order valence-corrected chi connectivity index (χ3v) is 4.62. The van der Waals surface area contributed by atoms with Crippen LogP contribution >= 0.6 is 11.6 Å². The maximum absolute atomic E-state index is 13.6. The van der Waals surface area contributed by atoms with Crippen LogP contribution in [0.25, 0.3) is 0 Å². The molecule has 164 valence electrons. The molecule has 0 aromatic heterocycles. The molecule has 2 aromatic carbocycles. The summed E-state index contributed by atoms with van der Waals surface area (Å²) >= 11 is 6.04. The van der Waals surface area contributed by atoms with Crippen molar-refractivity contribution in [1.29, 1.82) is 0 Å². The van der Waals surface area contributed by atoms with E-state index >= 15 is 0 Å². The van der Waals surface area contributed by atoms with Crippen molar-refractivity contribution in [3.63, 3.8) is 0 Å². The fraction of sp³-hybridized carbons (Fsp3) is 0.316. The van der Waals surface area contributed by atoms with Crippen molar-refractivity contribution in [3.05, 3.63) is 64.2 Å². The second-order valence-corrected chi connectivity index (χ2v) is 6.91. The van der Waals surface area contributed by atoms with Crippen molar-refractivity contribution in [2.75, 3.05) is 11.9 Å². The molecule has 0 aliphatic rings. The van der Waals surface area contributed by atoms with Crippen LogP contribution in [0.4, 0.5) is 32.0 Å². The Kier molecular flexibility index (Phi) is 6.93. The summed E-state index contributed by atoms with van der Waals surface area (Å²) in [6.45, 7) is 0.250. The van der Waals surface area contributed by atoms with E-state index in [1.165, 1.54) is 25.1 Å². The zero-order chi connectivity index (χ0) is 22.7. The SMILES string of the molecule is CC(=O)NCc1ccc(NC[C@](O)(c2cccc(C(F)(F)F)c2)C(F)(F)F)cc1Cl. The molecule has 11 heteroatoms. The van der Waals surface area contributed by atoms with Gasteiger partial charge >= 0.3 is 12.4 Å². The Hall–Kier alpha value is -2.46. The van der Waals surface area contributed by atoms with Crippen LogP contribution in [-0.2, 0) is 23.1 Å². The maximum atomic E-state index is 13.6. The van der Waals surface area contributed by atoms with Crippen LogP contribution in [0.15, 0.2) is 42.5 Å². The van der Waals surface area contributed by atoms with E-state index in [-0.39, 0.29) is 29.2 Å². The minimum absolute atomic E-state index is 0.0984. The first-order valence-corrected chi connectivity index (χ1v) is 8.85. The van der Waals surface area contributed by atoms with Crippen LogP contribution in [0, 0.1) is 0 Å². The highest BCUT2D eigenvalue weighted by molar-refractivity contribution is 6.31. The predicted octanol–water partition coefficient (Wildman–Crippen LogP) is 4.86. The fourth-order valence-electron chi connectivity index (χ4n) is 2.57. The number of benzene rings is 2. The second-order valence-electron chi connectivity index (χ2n) is 6.51. The van der Waals surface area contributed by atoms with Gasteiger partial charge in [-0.05, 0) is 35.4 Å². The van der Waals surface area contributed by atoms with Crippen LogP contribution in [0.3, 0.4) is 0 Å². The summed E-state index contributed by atoms with van der Waals surface area (Å²) in [7, 11) is 0. The molecule has 1 amide bonds. The van der Waals surface area contributed by atoms with Crippen molar-refractivity contribution in [1.82, 2.24) is 5.32 Å². The average Bonchev–Trinajstić information content (AvgIpc) is 2.63. The number of aliphatic hydroxyl groups is 1. The van der Waals surface area contributed by atoms with E-state index in [2.05, 4.69) is 10.6 Å². The first kappa shape index (κ1) is 23.8. The van der Waals surface area contributed by atoms with E-state index in [9.17, 15) is 36.2 Å². The van der Waals surface area contributed by atoms with Gasteiger partial charge in [0, 0.05) is 24.2 Å². The van der Waals surface area contributed by atoms with Gasteiger partial charge in [-0.1, -0.05) is 29.8 Å². The molecule has 30 heavy (non-hydrogen) atoms. The lowest BCUT2D eigenvalue weighted by molar-refractivity contribution is -0.260. The molecule has 2 rings (SSSR count). The lowest BCUT2D eigenvalue weighted by Crippen LogP contribution is -2.48. The molecule has 0 radical (unpaired) electrons. The normalized spacial score (nSPS) is 14.2. The summed E-state index contributed by atoms with van der Waals surface area (Å²) in [4.78, 5) is 11.0. The monoisotopic (exact) mass is 454 g/mol. The van der Waals surface area contributed by atoms with E-state index < -0.39 is 35.6 Å². The summed E-state index contributed by atoms with van der Waals surface area (Å²) in [5, 5.41) is 15.3. The van der Waals surface area contributed by atoms with Gasteiger partial charge in [0.25, 0.3) is 0 Å². The third kappa shape index (κ3) is 5.57. The Labute approximate surface area is 172 Å². The number of carbonyl (C=O) groups excluding carboxylic acids is 1. The van der Waals surface area contributed by atoms with Crippen LogP contribution in [0.2, 0.25) is 5.02 Å². The minimum Gasteiger partial charge on any atom is -0.381 e. The summed E-state index contributed by atoms with van der Waals surface area (Å²) in [5.41, 5.74) is -5.25. The molecule has 0 spiro atoms. The molecule has 0 bridgehead atoms. The summed E-state index contributed by atoms with van der Waals surface area (Å²) in [5.74, 6) is -0.301. The number of halogens is 7. The first-order chi connectivity index (χ1) is 13.7. The molecule has 0 aliphatic carbocycles. The highest BCUT2D eigenvalue weighted by atomic mass is 35.5. The first-order valence-electron chi connectivity index (χ1n) is 8.47. The average molecular weight is 455 g/mol. The van der Waals surface area contributed by atoms with Gasteiger partial charge in [-0.25, -0.2) is 0 Å². The number of alkyl halides is 6. The van der Waals surface area contributed by atoms with Crippen molar-refractivity contribution in [2.45, 2.75) is 31.4 Å². The number of amides is 1. The van der Waals surface area contributed by atoms with E-state index in [1.807, 2.05) is 0 Å². The zero-order valence-electron chi connectivity index (χ0n) is 15.5. The summed E-state index contributed by atoms with van der Waals surface area (Å²) in [6, 6.07) is 6.54. The lowest BCUT2D eigenvalue weighted by Gasteiger charge is -2.32. The quantitative estimate of drug-likeness (QED) is 0.546. The molecule has 0 heterocycles. The standard InChI is InChI=1S/C19H17ClF6N2O2/c1-11(29)27-9-12-5-6-15(8-16(12)20)28-10-17(30,19(24,25)26)13-3-2-4-14(7-13)18(21,22)23/h2-8,28,30H,9-10H2,1H3,(H,27,29)/t17-/m0/s1. The fourth-order valence-corrected chi connectivity index (χ4v) is 2.82. The smallest absolute Gasteiger partial charge is 0.381 e.